The number of esters is 1. The highest BCUT2D eigenvalue weighted by molar-refractivity contribution is 7.99. The first-order chi connectivity index (χ1) is 13.2. The average Bonchev–Trinajstić information content (AvgIpc) is 2.67. The van der Waals surface area contributed by atoms with E-state index in [9.17, 15) is 9.59 Å². The molecule has 0 aromatic heterocycles. The van der Waals surface area contributed by atoms with Crippen molar-refractivity contribution in [1.82, 2.24) is 0 Å². The van der Waals surface area contributed by atoms with E-state index in [0.29, 0.717) is 6.42 Å². The number of benzene rings is 1. The predicted octanol–water partition coefficient (Wildman–Crippen LogP) is 6.31. The Morgan fingerprint density at radius 1 is 0.815 bits per heavy atom. The molecule has 1 aromatic rings. The minimum Gasteiger partial charge on any atom is -0.428 e. The van der Waals surface area contributed by atoms with Crippen molar-refractivity contribution in [2.24, 2.45) is 0 Å². The van der Waals surface area contributed by atoms with Crippen LogP contribution in [-0.4, -0.2) is 24.9 Å². The summed E-state index contributed by atoms with van der Waals surface area (Å²) in [6.07, 6.45) is 10.3. The van der Waals surface area contributed by atoms with Crippen LogP contribution in [0, 0.1) is 0 Å². The van der Waals surface area contributed by atoms with Gasteiger partial charge in [0.15, 0.2) is 0 Å². The van der Waals surface area contributed by atoms with Crippen molar-refractivity contribution >= 4 is 23.9 Å². The van der Waals surface area contributed by atoms with E-state index in [1.54, 1.807) is 0 Å². The van der Waals surface area contributed by atoms with Gasteiger partial charge in [0.2, 0.25) is 6.79 Å². The van der Waals surface area contributed by atoms with E-state index in [4.69, 9.17) is 14.2 Å². The zero-order valence-corrected chi connectivity index (χ0v) is 17.1. The summed E-state index contributed by atoms with van der Waals surface area (Å²) in [7, 11) is 0. The fraction of sp³-hybridized carbons (Fsp3) is 0.619. The van der Waals surface area contributed by atoms with Gasteiger partial charge in [0.25, 0.3) is 0 Å². The van der Waals surface area contributed by atoms with Crippen molar-refractivity contribution < 1.29 is 23.8 Å². The molecular weight excluding hydrogens is 364 g/mol. The fourth-order valence-corrected chi connectivity index (χ4v) is 3.14. The highest BCUT2D eigenvalue weighted by atomic mass is 32.2. The molecule has 0 fully saturated rings. The van der Waals surface area contributed by atoms with Crippen LogP contribution in [0.3, 0.4) is 0 Å². The molecule has 0 aliphatic heterocycles. The molecule has 0 unspecified atom stereocenters. The van der Waals surface area contributed by atoms with E-state index in [2.05, 4.69) is 6.92 Å². The lowest BCUT2D eigenvalue weighted by atomic mass is 10.1. The largest absolute Gasteiger partial charge is 0.512 e. The van der Waals surface area contributed by atoms with E-state index in [-0.39, 0.29) is 11.9 Å². The molecule has 0 bridgehead atoms. The molecule has 0 atom stereocenters. The van der Waals surface area contributed by atoms with Gasteiger partial charge in [-0.05, 0) is 18.6 Å². The molecule has 0 saturated carbocycles. The Morgan fingerprint density at radius 2 is 1.44 bits per heavy atom. The van der Waals surface area contributed by atoms with E-state index in [1.807, 2.05) is 30.3 Å². The topological polar surface area (TPSA) is 61.8 Å². The summed E-state index contributed by atoms with van der Waals surface area (Å²) in [5.74, 6) is -0.195. The van der Waals surface area contributed by atoms with Gasteiger partial charge in [0.1, 0.15) is 5.94 Å². The summed E-state index contributed by atoms with van der Waals surface area (Å²) >= 11 is 1.38. The third-order valence-corrected chi connectivity index (χ3v) is 4.87. The van der Waals surface area contributed by atoms with Crippen molar-refractivity contribution in [3.63, 3.8) is 0 Å². The van der Waals surface area contributed by atoms with Crippen LogP contribution >= 0.6 is 11.8 Å². The molecule has 0 heterocycles. The predicted molar refractivity (Wildman–Crippen MR) is 108 cm³/mol. The first-order valence-corrected chi connectivity index (χ1v) is 10.8. The van der Waals surface area contributed by atoms with E-state index in [1.165, 1.54) is 50.3 Å². The SMILES string of the molecule is CCCCCCCCCCCC(=O)OCOC(=O)OCSc1ccccc1. The number of thioether (sulfide) groups is 1. The Hall–Kier alpha value is -1.69. The molecule has 6 heteroatoms. The van der Waals surface area contributed by atoms with E-state index >= 15 is 0 Å². The molecule has 152 valence electrons. The van der Waals surface area contributed by atoms with Gasteiger partial charge in [0.05, 0.1) is 0 Å². The fourth-order valence-electron chi connectivity index (χ4n) is 2.50. The van der Waals surface area contributed by atoms with Crippen LogP contribution in [0.15, 0.2) is 35.2 Å². The van der Waals surface area contributed by atoms with Gasteiger partial charge in [-0.15, -0.1) is 0 Å². The number of unbranched alkanes of at least 4 members (excludes halogenated alkanes) is 8. The van der Waals surface area contributed by atoms with Gasteiger partial charge in [0, 0.05) is 11.3 Å². The quantitative estimate of drug-likeness (QED) is 0.150. The minimum atomic E-state index is -0.839. The smallest absolute Gasteiger partial charge is 0.428 e. The molecule has 5 nitrogen and oxygen atoms in total. The molecule has 0 radical (unpaired) electrons. The Morgan fingerprint density at radius 3 is 2.11 bits per heavy atom. The Balaban J connectivity index is 1.89. The van der Waals surface area contributed by atoms with Crippen molar-refractivity contribution in [2.45, 2.75) is 76.0 Å². The molecule has 0 saturated heterocycles. The highest BCUT2D eigenvalue weighted by Gasteiger charge is 2.07. The van der Waals surface area contributed by atoms with Crippen LogP contribution in [0.5, 0.6) is 0 Å². The first-order valence-electron chi connectivity index (χ1n) is 9.85. The van der Waals surface area contributed by atoms with Crippen LogP contribution in [0.2, 0.25) is 0 Å². The molecule has 1 aromatic carbocycles. The van der Waals surface area contributed by atoms with E-state index in [0.717, 1.165) is 24.2 Å². The molecular formula is C21H32O5S. The van der Waals surface area contributed by atoms with Gasteiger partial charge in [-0.1, -0.05) is 88.3 Å². The van der Waals surface area contributed by atoms with Crippen LogP contribution in [0.1, 0.15) is 71.1 Å². The number of hydrogen-bond acceptors (Lipinski definition) is 6. The lowest BCUT2D eigenvalue weighted by Crippen LogP contribution is -2.13. The van der Waals surface area contributed by atoms with Crippen molar-refractivity contribution in [3.05, 3.63) is 30.3 Å². The van der Waals surface area contributed by atoms with Crippen LogP contribution in [-0.2, 0) is 19.0 Å². The molecule has 0 spiro atoms. The van der Waals surface area contributed by atoms with Crippen molar-refractivity contribution in [2.75, 3.05) is 12.7 Å². The Kier molecular flexibility index (Phi) is 14.3. The van der Waals surface area contributed by atoms with Crippen LogP contribution in [0.4, 0.5) is 4.79 Å². The summed E-state index contributed by atoms with van der Waals surface area (Å²) in [5.41, 5.74) is 0. The second-order valence-corrected chi connectivity index (χ2v) is 7.32. The number of carbonyl (C=O) groups excluding carboxylic acids is 2. The lowest BCUT2D eigenvalue weighted by molar-refractivity contribution is -0.153. The maximum absolute atomic E-state index is 11.6. The molecule has 0 N–H and O–H groups in total. The maximum Gasteiger partial charge on any atom is 0.512 e. The third kappa shape index (κ3) is 14.1. The summed E-state index contributed by atoms with van der Waals surface area (Å²) in [6.45, 7) is 1.82. The van der Waals surface area contributed by atoms with Gasteiger partial charge in [-0.2, -0.15) is 0 Å². The molecule has 0 aliphatic rings. The molecule has 0 aliphatic carbocycles. The lowest BCUT2D eigenvalue weighted by Gasteiger charge is -2.07. The standard InChI is InChI=1S/C21H32O5S/c1-2-3-4-5-6-7-8-9-13-16-20(22)24-17-25-21(23)26-18-27-19-14-11-10-12-15-19/h10-12,14-15H,2-9,13,16-18H2,1H3. The zero-order chi connectivity index (χ0) is 19.6. The molecule has 0 amide bonds. The zero-order valence-electron chi connectivity index (χ0n) is 16.3. The Bertz CT molecular complexity index is 507. The summed E-state index contributed by atoms with van der Waals surface area (Å²) in [5, 5.41) is 0. The Labute approximate surface area is 167 Å². The van der Waals surface area contributed by atoms with Gasteiger partial charge < -0.3 is 14.2 Å². The molecule has 1 rings (SSSR count). The summed E-state index contributed by atoms with van der Waals surface area (Å²) < 4.78 is 14.5. The minimum absolute atomic E-state index is 0.148. The monoisotopic (exact) mass is 396 g/mol. The van der Waals surface area contributed by atoms with Crippen LogP contribution in [0.25, 0.3) is 0 Å². The van der Waals surface area contributed by atoms with E-state index < -0.39 is 12.9 Å². The maximum atomic E-state index is 11.6. The highest BCUT2D eigenvalue weighted by Crippen LogP contribution is 2.17. The van der Waals surface area contributed by atoms with Gasteiger partial charge in [-0.3, -0.25) is 4.79 Å². The number of hydrogen-bond donors (Lipinski definition) is 0. The first kappa shape index (κ1) is 23.3. The number of ether oxygens (including phenoxy) is 3. The van der Waals surface area contributed by atoms with Gasteiger partial charge >= 0.3 is 12.1 Å². The number of carbonyl (C=O) groups is 2. The third-order valence-electron chi connectivity index (χ3n) is 4.03. The van der Waals surface area contributed by atoms with Crippen molar-refractivity contribution in [3.8, 4) is 0 Å². The van der Waals surface area contributed by atoms with Gasteiger partial charge in [-0.25, -0.2) is 4.79 Å². The normalized spacial score (nSPS) is 10.4. The summed E-state index contributed by atoms with van der Waals surface area (Å²) in [4.78, 5) is 24.0. The number of rotatable bonds is 15. The van der Waals surface area contributed by atoms with Crippen LogP contribution < -0.4 is 0 Å². The molecule has 27 heavy (non-hydrogen) atoms. The van der Waals surface area contributed by atoms with Crippen molar-refractivity contribution in [1.29, 1.82) is 0 Å². The second-order valence-electron chi connectivity index (χ2n) is 6.33. The summed E-state index contributed by atoms with van der Waals surface area (Å²) in [6, 6.07) is 9.59. The average molecular weight is 397 g/mol. The second kappa shape index (κ2) is 16.5.